The fraction of sp³-hybridized carbons (Fsp3) is 0.625. The number of aromatic nitrogens is 1. The van der Waals surface area contributed by atoms with E-state index < -0.39 is 37.2 Å². The summed E-state index contributed by atoms with van der Waals surface area (Å²) in [4.78, 5) is 53.0. The lowest BCUT2D eigenvalue weighted by Gasteiger charge is -2.36. The van der Waals surface area contributed by atoms with Crippen LogP contribution in [0.3, 0.4) is 0 Å². The van der Waals surface area contributed by atoms with Gasteiger partial charge in [0.1, 0.15) is 11.7 Å². The first-order chi connectivity index (χ1) is 21.2. The van der Waals surface area contributed by atoms with Crippen molar-refractivity contribution in [2.75, 3.05) is 31.8 Å². The number of ether oxygens (including phenoxy) is 1. The molecule has 1 saturated heterocycles. The summed E-state index contributed by atoms with van der Waals surface area (Å²) >= 11 is 0. The Morgan fingerprint density at radius 1 is 0.977 bits per heavy atom. The third-order valence-corrected chi connectivity index (χ3v) is 10.4. The second-order valence-electron chi connectivity index (χ2n) is 13.0. The molecule has 0 unspecified atom stereocenters. The predicted octanol–water partition coefficient (Wildman–Crippen LogP) is 5.21. The number of alkyl halides is 2. The molecule has 1 aromatic carbocycles. The monoisotopic (exact) mass is 614 g/mol. The van der Waals surface area contributed by atoms with Crippen LogP contribution in [0.1, 0.15) is 74.7 Å². The summed E-state index contributed by atoms with van der Waals surface area (Å²) < 4.78 is 34.1. The van der Waals surface area contributed by atoms with E-state index >= 15 is 0 Å². The molecule has 10 nitrogen and oxygen atoms in total. The number of benzene rings is 1. The van der Waals surface area contributed by atoms with E-state index in [2.05, 4.69) is 10.6 Å². The van der Waals surface area contributed by atoms with Crippen LogP contribution in [-0.2, 0) is 20.1 Å². The number of carbonyl (C=O) groups excluding carboxylic acids is 3. The van der Waals surface area contributed by atoms with E-state index in [1.807, 2.05) is 0 Å². The molecule has 3 N–H and O–H groups in total. The largest absolute Gasteiger partial charge is 0.465 e. The Balaban J connectivity index is 1.21. The van der Waals surface area contributed by atoms with E-state index in [1.165, 1.54) is 17.1 Å². The number of esters is 1. The number of fused-ring (bicyclic) bond motifs is 3. The lowest BCUT2D eigenvalue weighted by atomic mass is 9.76. The van der Waals surface area contributed by atoms with Gasteiger partial charge in [0.25, 0.3) is 0 Å². The molecule has 3 amide bonds. The van der Waals surface area contributed by atoms with Crippen molar-refractivity contribution in [1.29, 1.82) is 0 Å². The average Bonchev–Trinajstić information content (AvgIpc) is 3.73. The van der Waals surface area contributed by atoms with Gasteiger partial charge in [0, 0.05) is 30.1 Å². The number of rotatable bonds is 8. The Morgan fingerprint density at radius 3 is 2.39 bits per heavy atom. The van der Waals surface area contributed by atoms with Crippen molar-refractivity contribution in [1.82, 2.24) is 14.8 Å². The summed E-state index contributed by atoms with van der Waals surface area (Å²) in [6.07, 6.45) is 8.09. The molecule has 2 aromatic rings. The molecule has 1 aromatic heterocycles. The Morgan fingerprint density at radius 2 is 1.70 bits per heavy atom. The highest BCUT2D eigenvalue weighted by molar-refractivity contribution is 6.02. The van der Waals surface area contributed by atoms with Crippen LogP contribution in [0.4, 0.5) is 19.3 Å². The standard InChI is InChI=1S/C32H40F2N4O6/c33-17-32(18-34)38-25-11-10-23(14-22(25)15-26(38)30(41)44-32)36-28(39)27-24(20-4-2-1-3-5-20)12-13-37(27)29(40)21-8-6-19(7-9-21)16-35-31(42)43/h10-11,14-15,19-21,24,27,35H,1-9,12-13,16-18H2,(H,36,39)(H,42,43)/t19?,21?,24-,27-/m0/s1. The van der Waals surface area contributed by atoms with Crippen molar-refractivity contribution in [2.24, 2.45) is 23.7 Å². The maximum absolute atomic E-state index is 14.0. The number of amides is 3. The number of hydrogen-bond acceptors (Lipinski definition) is 5. The number of hydrogen-bond donors (Lipinski definition) is 3. The summed E-state index contributed by atoms with van der Waals surface area (Å²) in [5, 5.41) is 14.9. The highest BCUT2D eigenvalue weighted by atomic mass is 19.1. The molecule has 3 fully saturated rings. The topological polar surface area (TPSA) is 130 Å². The SMILES string of the molecule is O=C(O)NCC1CCC(C(=O)N2CC[C@@H](C3CCCCC3)[C@H]2C(=O)Nc2ccc3c(c2)cc2n3C(CF)(CF)OC2=O)CC1. The van der Waals surface area contributed by atoms with Gasteiger partial charge < -0.3 is 25.4 Å². The highest BCUT2D eigenvalue weighted by Gasteiger charge is 2.48. The lowest BCUT2D eigenvalue weighted by Crippen LogP contribution is -2.49. The molecule has 44 heavy (non-hydrogen) atoms. The van der Waals surface area contributed by atoms with E-state index in [9.17, 15) is 28.0 Å². The van der Waals surface area contributed by atoms with Crippen molar-refractivity contribution in [2.45, 2.75) is 76.0 Å². The molecule has 2 saturated carbocycles. The van der Waals surface area contributed by atoms with Crippen LogP contribution in [0, 0.1) is 23.7 Å². The number of cyclic esters (lactones) is 1. The maximum atomic E-state index is 14.0. The van der Waals surface area contributed by atoms with Crippen LogP contribution in [0.15, 0.2) is 24.3 Å². The van der Waals surface area contributed by atoms with Crippen LogP contribution in [0.5, 0.6) is 0 Å². The van der Waals surface area contributed by atoms with Crippen molar-refractivity contribution >= 4 is 40.5 Å². The van der Waals surface area contributed by atoms with Crippen molar-refractivity contribution in [3.63, 3.8) is 0 Å². The van der Waals surface area contributed by atoms with E-state index in [0.717, 1.165) is 44.9 Å². The zero-order chi connectivity index (χ0) is 31.0. The van der Waals surface area contributed by atoms with Crippen LogP contribution in [-0.4, -0.2) is 70.9 Å². The third kappa shape index (κ3) is 5.51. The summed E-state index contributed by atoms with van der Waals surface area (Å²) in [5.74, 6) is -0.616. The average molecular weight is 615 g/mol. The van der Waals surface area contributed by atoms with Gasteiger partial charge in [-0.3, -0.25) is 14.2 Å². The lowest BCUT2D eigenvalue weighted by molar-refractivity contribution is -0.142. The Hall–Kier alpha value is -3.70. The first-order valence-corrected chi connectivity index (χ1v) is 15.8. The van der Waals surface area contributed by atoms with Crippen LogP contribution < -0.4 is 10.6 Å². The molecule has 238 valence electrons. The summed E-state index contributed by atoms with van der Waals surface area (Å²) in [5.41, 5.74) is -1.08. The minimum absolute atomic E-state index is 0.000267. The number of likely N-dealkylation sites (tertiary alicyclic amines) is 1. The smallest absolute Gasteiger partial charge is 0.404 e. The molecule has 2 atom stereocenters. The minimum atomic E-state index is -2.03. The molecule has 12 heteroatoms. The van der Waals surface area contributed by atoms with Gasteiger partial charge >= 0.3 is 12.1 Å². The van der Waals surface area contributed by atoms with Crippen LogP contribution in [0.25, 0.3) is 10.9 Å². The Bertz CT molecular complexity index is 1430. The molecule has 0 radical (unpaired) electrons. The number of carbonyl (C=O) groups is 4. The normalized spacial score (nSPS) is 26.8. The van der Waals surface area contributed by atoms with Crippen LogP contribution >= 0.6 is 0 Å². The molecular weight excluding hydrogens is 574 g/mol. The van der Waals surface area contributed by atoms with Crippen molar-refractivity contribution in [3.8, 4) is 0 Å². The van der Waals surface area contributed by atoms with Gasteiger partial charge in [-0.25, -0.2) is 18.4 Å². The number of nitrogens with one attached hydrogen (secondary N) is 2. The van der Waals surface area contributed by atoms with Gasteiger partial charge in [-0.05, 0) is 74.1 Å². The van der Waals surface area contributed by atoms with Crippen molar-refractivity contribution < 1.29 is 37.8 Å². The molecule has 2 aliphatic heterocycles. The number of anilines is 1. The first-order valence-electron chi connectivity index (χ1n) is 15.8. The fourth-order valence-corrected chi connectivity index (χ4v) is 8.11. The Labute approximate surface area is 254 Å². The molecule has 2 aliphatic carbocycles. The second-order valence-corrected chi connectivity index (χ2v) is 13.0. The van der Waals surface area contributed by atoms with Crippen molar-refractivity contribution in [3.05, 3.63) is 30.0 Å². The zero-order valence-electron chi connectivity index (χ0n) is 24.7. The fourth-order valence-electron chi connectivity index (χ4n) is 8.11. The summed E-state index contributed by atoms with van der Waals surface area (Å²) in [6, 6.07) is 5.84. The van der Waals surface area contributed by atoms with Gasteiger partial charge in [0.15, 0.2) is 13.3 Å². The quantitative estimate of drug-likeness (QED) is 0.350. The number of nitrogens with zero attached hydrogens (tertiary/aromatic N) is 2. The van der Waals surface area contributed by atoms with E-state index in [-0.39, 0.29) is 35.3 Å². The van der Waals surface area contributed by atoms with Gasteiger partial charge in [0.2, 0.25) is 17.5 Å². The Kier molecular flexibility index (Phi) is 8.52. The van der Waals surface area contributed by atoms with E-state index in [0.29, 0.717) is 48.4 Å². The summed E-state index contributed by atoms with van der Waals surface area (Å²) in [6.45, 7) is -1.51. The third-order valence-electron chi connectivity index (χ3n) is 10.4. The molecule has 4 aliphatic rings. The molecule has 0 spiro atoms. The van der Waals surface area contributed by atoms with Gasteiger partial charge in [0.05, 0.1) is 5.52 Å². The number of halogens is 2. The summed E-state index contributed by atoms with van der Waals surface area (Å²) in [7, 11) is 0. The van der Waals surface area contributed by atoms with Gasteiger partial charge in [-0.1, -0.05) is 32.1 Å². The zero-order valence-corrected chi connectivity index (χ0v) is 24.7. The maximum Gasteiger partial charge on any atom is 0.404 e. The molecule has 3 heterocycles. The van der Waals surface area contributed by atoms with E-state index in [1.54, 1.807) is 23.1 Å². The van der Waals surface area contributed by atoms with Gasteiger partial charge in [-0.2, -0.15) is 0 Å². The molecule has 6 rings (SSSR count). The minimum Gasteiger partial charge on any atom is -0.465 e. The number of carboxylic acid groups (broad SMARTS) is 1. The second kappa shape index (κ2) is 12.4. The van der Waals surface area contributed by atoms with Crippen LogP contribution in [0.2, 0.25) is 0 Å². The van der Waals surface area contributed by atoms with Gasteiger partial charge in [-0.15, -0.1) is 0 Å². The molecular formula is C32H40F2N4O6. The predicted molar refractivity (Wildman–Crippen MR) is 158 cm³/mol. The van der Waals surface area contributed by atoms with E-state index in [4.69, 9.17) is 9.84 Å². The first kappa shape index (κ1) is 30.3. The molecule has 0 bridgehead atoms. The highest BCUT2D eigenvalue weighted by Crippen LogP contribution is 2.42.